The molecule has 0 unspecified atom stereocenters. The van der Waals surface area contributed by atoms with Crippen molar-refractivity contribution in [3.05, 3.63) is 35.5 Å². The fourth-order valence-corrected chi connectivity index (χ4v) is 1.69. The van der Waals surface area contributed by atoms with E-state index in [1.54, 1.807) is 19.1 Å². The van der Waals surface area contributed by atoms with Crippen LogP contribution in [0.3, 0.4) is 0 Å². The summed E-state index contributed by atoms with van der Waals surface area (Å²) >= 11 is 0. The van der Waals surface area contributed by atoms with Crippen LogP contribution < -0.4 is 10.6 Å². The number of aryl methyl sites for hydroxylation is 1. The van der Waals surface area contributed by atoms with Gasteiger partial charge in [-0.1, -0.05) is 13.0 Å². The predicted octanol–water partition coefficient (Wildman–Crippen LogP) is 1.99. The number of nitrogens with one attached hydrogen (secondary N) is 2. The van der Waals surface area contributed by atoms with Crippen LogP contribution in [0.2, 0.25) is 0 Å². The second-order valence-corrected chi connectivity index (χ2v) is 4.65. The van der Waals surface area contributed by atoms with Gasteiger partial charge < -0.3 is 20.1 Å². The molecule has 7 nitrogen and oxygen atoms in total. The lowest BCUT2D eigenvalue weighted by molar-refractivity contribution is -0.138. The van der Waals surface area contributed by atoms with Crippen LogP contribution in [-0.2, 0) is 23.9 Å². The molecule has 1 aromatic carbocycles. The number of anilines is 2. The number of rotatable bonds is 6. The van der Waals surface area contributed by atoms with Crippen LogP contribution in [0.25, 0.3) is 0 Å². The van der Waals surface area contributed by atoms with Gasteiger partial charge in [-0.05, 0) is 24.6 Å². The first-order valence-corrected chi connectivity index (χ1v) is 6.96. The van der Waals surface area contributed by atoms with Gasteiger partial charge in [-0.25, -0.2) is 9.59 Å². The van der Waals surface area contributed by atoms with Crippen LogP contribution in [0.15, 0.2) is 30.0 Å². The normalized spacial score (nSPS) is 10.7. The van der Waals surface area contributed by atoms with Crippen molar-refractivity contribution in [2.24, 2.45) is 0 Å². The zero-order chi connectivity index (χ0) is 17.4. The van der Waals surface area contributed by atoms with Gasteiger partial charge in [0.05, 0.1) is 31.7 Å². The molecule has 1 amide bonds. The SMILES string of the molecule is CCC(=O)Nc1ccc(C)cc1N/C(=C/C(=O)OC)C(=O)OC. The van der Waals surface area contributed by atoms with Gasteiger partial charge in [0.1, 0.15) is 5.70 Å². The zero-order valence-electron chi connectivity index (χ0n) is 13.6. The van der Waals surface area contributed by atoms with Crippen LogP contribution in [0.5, 0.6) is 0 Å². The fourth-order valence-electron chi connectivity index (χ4n) is 1.69. The molecule has 0 bridgehead atoms. The molecule has 0 atom stereocenters. The highest BCUT2D eigenvalue weighted by molar-refractivity contribution is 6.01. The molecule has 0 radical (unpaired) electrons. The first-order valence-electron chi connectivity index (χ1n) is 6.96. The number of amides is 1. The van der Waals surface area contributed by atoms with Crippen molar-refractivity contribution in [3.63, 3.8) is 0 Å². The topological polar surface area (TPSA) is 93.7 Å². The Labute approximate surface area is 134 Å². The molecule has 0 heterocycles. The monoisotopic (exact) mass is 320 g/mol. The summed E-state index contributed by atoms with van der Waals surface area (Å²) < 4.78 is 9.15. The van der Waals surface area contributed by atoms with Crippen molar-refractivity contribution >= 4 is 29.2 Å². The molecule has 23 heavy (non-hydrogen) atoms. The fraction of sp³-hybridized carbons (Fsp3) is 0.312. The van der Waals surface area contributed by atoms with Gasteiger partial charge in [-0.15, -0.1) is 0 Å². The highest BCUT2D eigenvalue weighted by Crippen LogP contribution is 2.25. The molecule has 1 aromatic rings. The molecule has 0 aliphatic rings. The van der Waals surface area contributed by atoms with E-state index < -0.39 is 11.9 Å². The number of esters is 2. The standard InChI is InChI=1S/C16H20N2O5/c1-5-14(19)18-11-7-6-10(2)8-12(11)17-13(16(21)23-4)9-15(20)22-3/h6-9,17H,5H2,1-4H3,(H,18,19)/b13-9+. The van der Waals surface area contributed by atoms with E-state index in [0.29, 0.717) is 17.8 Å². The van der Waals surface area contributed by atoms with E-state index in [2.05, 4.69) is 20.1 Å². The third-order valence-electron chi connectivity index (χ3n) is 2.91. The van der Waals surface area contributed by atoms with Crippen LogP contribution in [0.4, 0.5) is 11.4 Å². The van der Waals surface area contributed by atoms with E-state index in [1.165, 1.54) is 14.2 Å². The number of carbonyl (C=O) groups is 3. The lowest BCUT2D eigenvalue weighted by Gasteiger charge is -2.15. The second kappa shape index (κ2) is 8.57. The Hall–Kier alpha value is -2.83. The maximum atomic E-state index is 11.8. The third-order valence-corrected chi connectivity index (χ3v) is 2.91. The van der Waals surface area contributed by atoms with E-state index in [0.717, 1.165) is 11.6 Å². The first-order chi connectivity index (χ1) is 10.9. The van der Waals surface area contributed by atoms with E-state index in [1.807, 2.05) is 13.0 Å². The molecule has 124 valence electrons. The average molecular weight is 320 g/mol. The summed E-state index contributed by atoms with van der Waals surface area (Å²) in [5, 5.41) is 5.52. The predicted molar refractivity (Wildman–Crippen MR) is 85.8 cm³/mol. The van der Waals surface area contributed by atoms with Gasteiger partial charge in [0.15, 0.2) is 0 Å². The summed E-state index contributed by atoms with van der Waals surface area (Å²) in [4.78, 5) is 34.8. The van der Waals surface area contributed by atoms with Gasteiger partial charge in [0.2, 0.25) is 5.91 Å². The first kappa shape index (κ1) is 18.2. The average Bonchev–Trinajstić information content (AvgIpc) is 2.55. The highest BCUT2D eigenvalue weighted by atomic mass is 16.5. The molecule has 0 spiro atoms. The smallest absolute Gasteiger partial charge is 0.354 e. The lowest BCUT2D eigenvalue weighted by Crippen LogP contribution is -2.17. The third kappa shape index (κ3) is 5.46. The Morgan fingerprint density at radius 1 is 1.09 bits per heavy atom. The van der Waals surface area contributed by atoms with E-state index >= 15 is 0 Å². The summed E-state index contributed by atoms with van der Waals surface area (Å²) in [6.07, 6.45) is 1.30. The quantitative estimate of drug-likeness (QED) is 0.615. The van der Waals surface area contributed by atoms with Crippen LogP contribution in [0, 0.1) is 6.92 Å². The summed E-state index contributed by atoms with van der Waals surface area (Å²) in [5.74, 6) is -1.61. The summed E-state index contributed by atoms with van der Waals surface area (Å²) in [6.45, 7) is 3.59. The number of ether oxygens (including phenoxy) is 2. The Morgan fingerprint density at radius 2 is 1.78 bits per heavy atom. The number of benzene rings is 1. The van der Waals surface area contributed by atoms with Gasteiger partial charge >= 0.3 is 11.9 Å². The Bertz CT molecular complexity index is 637. The van der Waals surface area contributed by atoms with E-state index in [4.69, 9.17) is 0 Å². The minimum absolute atomic E-state index is 0.100. The van der Waals surface area contributed by atoms with E-state index in [-0.39, 0.29) is 11.6 Å². The van der Waals surface area contributed by atoms with Crippen LogP contribution in [-0.4, -0.2) is 32.1 Å². The molecule has 0 saturated carbocycles. The Morgan fingerprint density at radius 3 is 2.35 bits per heavy atom. The second-order valence-electron chi connectivity index (χ2n) is 4.65. The van der Waals surface area contributed by atoms with Crippen molar-refractivity contribution in [1.29, 1.82) is 0 Å². The largest absolute Gasteiger partial charge is 0.466 e. The zero-order valence-corrected chi connectivity index (χ0v) is 13.6. The molecule has 0 fully saturated rings. The number of methoxy groups -OCH3 is 2. The summed E-state index contributed by atoms with van der Waals surface area (Å²) in [6, 6.07) is 5.26. The molecule has 0 saturated heterocycles. The molecule has 7 heteroatoms. The minimum Gasteiger partial charge on any atom is -0.466 e. The van der Waals surface area contributed by atoms with Gasteiger partial charge in [-0.2, -0.15) is 0 Å². The molecule has 0 aliphatic heterocycles. The maximum Gasteiger partial charge on any atom is 0.354 e. The Kier molecular flexibility index (Phi) is 6.79. The van der Waals surface area contributed by atoms with Crippen molar-refractivity contribution in [1.82, 2.24) is 0 Å². The van der Waals surface area contributed by atoms with Crippen molar-refractivity contribution < 1.29 is 23.9 Å². The maximum absolute atomic E-state index is 11.8. The minimum atomic E-state index is -0.732. The highest BCUT2D eigenvalue weighted by Gasteiger charge is 2.15. The Balaban J connectivity index is 3.18. The summed E-state index contributed by atoms with van der Waals surface area (Å²) in [7, 11) is 2.40. The van der Waals surface area contributed by atoms with Crippen LogP contribution >= 0.6 is 0 Å². The van der Waals surface area contributed by atoms with Crippen LogP contribution in [0.1, 0.15) is 18.9 Å². The van der Waals surface area contributed by atoms with Crippen molar-refractivity contribution in [2.45, 2.75) is 20.3 Å². The van der Waals surface area contributed by atoms with Crippen molar-refractivity contribution in [2.75, 3.05) is 24.9 Å². The molecular formula is C16H20N2O5. The molecule has 1 rings (SSSR count). The van der Waals surface area contributed by atoms with E-state index in [9.17, 15) is 14.4 Å². The molecular weight excluding hydrogens is 300 g/mol. The molecule has 0 aromatic heterocycles. The van der Waals surface area contributed by atoms with Gasteiger partial charge in [0.25, 0.3) is 0 Å². The number of hydrogen-bond acceptors (Lipinski definition) is 6. The van der Waals surface area contributed by atoms with Gasteiger partial charge in [-0.3, -0.25) is 4.79 Å². The molecule has 0 aliphatic carbocycles. The lowest BCUT2D eigenvalue weighted by atomic mass is 10.1. The van der Waals surface area contributed by atoms with Gasteiger partial charge in [0, 0.05) is 6.42 Å². The molecule has 2 N–H and O–H groups in total. The summed E-state index contributed by atoms with van der Waals surface area (Å²) in [5.41, 5.74) is 1.76. The van der Waals surface area contributed by atoms with Crippen molar-refractivity contribution in [3.8, 4) is 0 Å². The number of hydrogen-bond donors (Lipinski definition) is 2. The number of carbonyl (C=O) groups excluding carboxylic acids is 3.